The highest BCUT2D eigenvalue weighted by Gasteiger charge is 2.14. The van der Waals surface area contributed by atoms with Gasteiger partial charge in [0, 0.05) is 23.2 Å². The second-order valence-corrected chi connectivity index (χ2v) is 4.72. The predicted octanol–water partition coefficient (Wildman–Crippen LogP) is 3.34. The van der Waals surface area contributed by atoms with E-state index in [2.05, 4.69) is 4.98 Å². The summed E-state index contributed by atoms with van der Waals surface area (Å²) in [5.74, 6) is 2.58. The van der Waals surface area contributed by atoms with E-state index in [-0.39, 0.29) is 6.79 Å². The number of benzene rings is 2. The minimum absolute atomic E-state index is 0.244. The van der Waals surface area contributed by atoms with Crippen LogP contribution >= 0.6 is 0 Å². The molecule has 0 saturated heterocycles. The van der Waals surface area contributed by atoms with Gasteiger partial charge in [-0.05, 0) is 36.4 Å². The molecule has 2 heterocycles. The van der Waals surface area contributed by atoms with E-state index in [4.69, 9.17) is 19.9 Å². The molecule has 0 fully saturated rings. The summed E-state index contributed by atoms with van der Waals surface area (Å²) < 4.78 is 16.4. The number of ether oxygens (including phenoxy) is 3. The summed E-state index contributed by atoms with van der Waals surface area (Å²) >= 11 is 0. The van der Waals surface area contributed by atoms with Crippen molar-refractivity contribution < 1.29 is 14.2 Å². The number of anilines is 1. The minimum Gasteiger partial charge on any atom is -0.454 e. The number of nitrogens with zero attached hydrogens (tertiary/aromatic N) is 1. The third kappa shape index (κ3) is 2.18. The maximum Gasteiger partial charge on any atom is 0.231 e. The fourth-order valence-corrected chi connectivity index (χ4v) is 2.24. The van der Waals surface area contributed by atoms with Gasteiger partial charge in [-0.2, -0.15) is 0 Å². The van der Waals surface area contributed by atoms with Crippen LogP contribution in [-0.2, 0) is 0 Å². The zero-order valence-corrected chi connectivity index (χ0v) is 11.1. The van der Waals surface area contributed by atoms with Crippen LogP contribution in [0, 0.1) is 0 Å². The summed E-state index contributed by atoms with van der Waals surface area (Å²) in [5.41, 5.74) is 7.30. The van der Waals surface area contributed by atoms with Crippen molar-refractivity contribution in [2.75, 3.05) is 12.5 Å². The summed E-state index contributed by atoms with van der Waals surface area (Å²) in [7, 11) is 0. The van der Waals surface area contributed by atoms with Gasteiger partial charge >= 0.3 is 0 Å². The molecule has 5 nitrogen and oxygen atoms in total. The molecule has 0 aliphatic carbocycles. The van der Waals surface area contributed by atoms with Crippen LogP contribution in [0.4, 0.5) is 5.69 Å². The van der Waals surface area contributed by atoms with Crippen molar-refractivity contribution in [1.29, 1.82) is 0 Å². The van der Waals surface area contributed by atoms with Gasteiger partial charge < -0.3 is 19.9 Å². The topological polar surface area (TPSA) is 66.6 Å². The molecule has 0 unspecified atom stereocenters. The monoisotopic (exact) mass is 280 g/mol. The number of aromatic nitrogens is 1. The first-order valence-corrected chi connectivity index (χ1v) is 6.52. The first kappa shape index (κ1) is 11.8. The Bertz CT molecular complexity index is 833. The average Bonchev–Trinajstić information content (AvgIpc) is 2.95. The largest absolute Gasteiger partial charge is 0.454 e. The Morgan fingerprint density at radius 3 is 2.81 bits per heavy atom. The van der Waals surface area contributed by atoms with E-state index >= 15 is 0 Å². The molecule has 4 rings (SSSR count). The van der Waals surface area contributed by atoms with Gasteiger partial charge in [-0.3, -0.25) is 0 Å². The molecule has 104 valence electrons. The number of fused-ring (bicyclic) bond motifs is 2. The lowest BCUT2D eigenvalue weighted by Gasteiger charge is -2.07. The van der Waals surface area contributed by atoms with Crippen LogP contribution in [0.1, 0.15) is 0 Å². The highest BCUT2D eigenvalue weighted by atomic mass is 16.7. The maximum atomic E-state index is 5.76. The highest BCUT2D eigenvalue weighted by molar-refractivity contribution is 5.82. The molecule has 1 aromatic heterocycles. The van der Waals surface area contributed by atoms with E-state index in [1.165, 1.54) is 0 Å². The molecule has 2 N–H and O–H groups in total. The second-order valence-electron chi connectivity index (χ2n) is 4.72. The molecule has 21 heavy (non-hydrogen) atoms. The Balaban J connectivity index is 1.66. The van der Waals surface area contributed by atoms with E-state index < -0.39 is 0 Å². The molecule has 3 aromatic rings. The van der Waals surface area contributed by atoms with Gasteiger partial charge in [0.1, 0.15) is 5.75 Å². The van der Waals surface area contributed by atoms with Crippen LogP contribution in [0.25, 0.3) is 10.9 Å². The van der Waals surface area contributed by atoms with Crippen LogP contribution in [0.5, 0.6) is 23.1 Å². The third-order valence-electron chi connectivity index (χ3n) is 3.25. The Hall–Kier alpha value is -2.95. The van der Waals surface area contributed by atoms with Crippen LogP contribution < -0.4 is 19.9 Å². The number of nitrogens with two attached hydrogens (primary N) is 1. The first-order valence-electron chi connectivity index (χ1n) is 6.52. The standard InChI is InChI=1S/C16H12N2O3/c17-11-2-4-13-10(7-11)1-6-16(18-13)21-12-3-5-14-15(8-12)20-9-19-14/h1-8H,9,17H2. The van der Waals surface area contributed by atoms with E-state index in [1.54, 1.807) is 6.07 Å². The molecule has 0 amide bonds. The van der Waals surface area contributed by atoms with Gasteiger partial charge in [0.15, 0.2) is 11.5 Å². The quantitative estimate of drug-likeness (QED) is 0.729. The lowest BCUT2D eigenvalue weighted by atomic mass is 10.2. The number of hydrogen-bond donors (Lipinski definition) is 1. The minimum atomic E-state index is 0.244. The van der Waals surface area contributed by atoms with Crippen molar-refractivity contribution in [2.24, 2.45) is 0 Å². The van der Waals surface area contributed by atoms with E-state index in [0.717, 1.165) is 16.7 Å². The molecule has 5 heteroatoms. The Morgan fingerprint density at radius 2 is 1.86 bits per heavy atom. The lowest BCUT2D eigenvalue weighted by Crippen LogP contribution is -1.93. The molecule has 2 aromatic carbocycles. The summed E-state index contributed by atoms with van der Waals surface area (Å²) in [6, 6.07) is 14.7. The van der Waals surface area contributed by atoms with Crippen molar-refractivity contribution in [3.05, 3.63) is 48.5 Å². The molecule has 0 radical (unpaired) electrons. The lowest BCUT2D eigenvalue weighted by molar-refractivity contribution is 0.174. The van der Waals surface area contributed by atoms with E-state index in [9.17, 15) is 0 Å². The SMILES string of the molecule is Nc1ccc2nc(Oc3ccc4c(c3)OCO4)ccc2c1. The predicted molar refractivity (Wildman–Crippen MR) is 78.8 cm³/mol. The summed E-state index contributed by atoms with van der Waals surface area (Å²) in [6.45, 7) is 0.244. The fourth-order valence-electron chi connectivity index (χ4n) is 2.24. The molecule has 1 aliphatic rings. The van der Waals surface area contributed by atoms with Gasteiger partial charge in [-0.25, -0.2) is 4.98 Å². The second kappa shape index (κ2) is 4.56. The van der Waals surface area contributed by atoms with Crippen LogP contribution in [0.3, 0.4) is 0 Å². The molecule has 0 atom stereocenters. The number of nitrogen functional groups attached to an aromatic ring is 1. The first-order chi connectivity index (χ1) is 10.3. The van der Waals surface area contributed by atoms with Gasteiger partial charge in [0.25, 0.3) is 0 Å². The van der Waals surface area contributed by atoms with E-state index in [0.29, 0.717) is 23.1 Å². The normalized spacial score (nSPS) is 12.6. The van der Waals surface area contributed by atoms with Crippen LogP contribution in [0.15, 0.2) is 48.5 Å². The average molecular weight is 280 g/mol. The van der Waals surface area contributed by atoms with Gasteiger partial charge in [-0.15, -0.1) is 0 Å². The fraction of sp³-hybridized carbons (Fsp3) is 0.0625. The molecule has 1 aliphatic heterocycles. The van der Waals surface area contributed by atoms with Crippen molar-refractivity contribution >= 4 is 16.6 Å². The summed E-state index contributed by atoms with van der Waals surface area (Å²) in [4.78, 5) is 4.46. The molecule has 0 saturated carbocycles. The summed E-state index contributed by atoms with van der Waals surface area (Å²) in [5, 5.41) is 0.980. The number of hydrogen-bond acceptors (Lipinski definition) is 5. The Morgan fingerprint density at radius 1 is 0.952 bits per heavy atom. The van der Waals surface area contributed by atoms with Gasteiger partial charge in [0.05, 0.1) is 5.52 Å². The van der Waals surface area contributed by atoms with Gasteiger partial charge in [-0.1, -0.05) is 0 Å². The number of rotatable bonds is 2. The highest BCUT2D eigenvalue weighted by Crippen LogP contribution is 2.36. The smallest absolute Gasteiger partial charge is 0.231 e. The Kier molecular flexibility index (Phi) is 2.57. The number of pyridine rings is 1. The molecule has 0 spiro atoms. The zero-order chi connectivity index (χ0) is 14.2. The molecule has 0 bridgehead atoms. The van der Waals surface area contributed by atoms with Crippen molar-refractivity contribution in [3.63, 3.8) is 0 Å². The van der Waals surface area contributed by atoms with E-state index in [1.807, 2.05) is 42.5 Å². The van der Waals surface area contributed by atoms with Gasteiger partial charge in [0.2, 0.25) is 12.7 Å². The summed E-state index contributed by atoms with van der Waals surface area (Å²) in [6.07, 6.45) is 0. The van der Waals surface area contributed by atoms with Crippen molar-refractivity contribution in [3.8, 4) is 23.1 Å². The zero-order valence-electron chi connectivity index (χ0n) is 11.1. The van der Waals surface area contributed by atoms with Crippen molar-refractivity contribution in [2.45, 2.75) is 0 Å². The molecular formula is C16H12N2O3. The molecular weight excluding hydrogens is 268 g/mol. The maximum absolute atomic E-state index is 5.76. The third-order valence-corrected chi connectivity index (χ3v) is 3.25. The van der Waals surface area contributed by atoms with Crippen molar-refractivity contribution in [1.82, 2.24) is 4.98 Å². The van der Waals surface area contributed by atoms with Crippen LogP contribution in [0.2, 0.25) is 0 Å². The van der Waals surface area contributed by atoms with Crippen LogP contribution in [-0.4, -0.2) is 11.8 Å². The Labute approximate surface area is 120 Å².